The molecule has 4 rings (SSSR count). The Kier molecular flexibility index (Phi) is 6.15. The van der Waals surface area contributed by atoms with Crippen LogP contribution in [-0.2, 0) is 6.54 Å². The molecule has 2 aliphatic heterocycles. The molecule has 144 valence electrons. The van der Waals surface area contributed by atoms with Crippen molar-refractivity contribution >= 4 is 29.0 Å². The van der Waals surface area contributed by atoms with Gasteiger partial charge in [0.15, 0.2) is 0 Å². The Balaban J connectivity index is 1.40. The molecule has 1 N–H and O–H groups in total. The molecular weight excluding hydrogens is 380 g/mol. The molecule has 6 heteroatoms. The van der Waals surface area contributed by atoms with Crippen LogP contribution in [0.5, 0.6) is 5.75 Å². The number of hydrogen-bond donors (Lipinski definition) is 1. The summed E-state index contributed by atoms with van der Waals surface area (Å²) in [6.07, 6.45) is 3.03. The van der Waals surface area contributed by atoms with Gasteiger partial charge in [-0.3, -0.25) is 9.80 Å². The average molecular weight is 405 g/mol. The third kappa shape index (κ3) is 4.73. The van der Waals surface area contributed by atoms with Gasteiger partial charge in [-0.1, -0.05) is 17.7 Å². The van der Waals surface area contributed by atoms with E-state index in [1.165, 1.54) is 10.5 Å². The second-order valence-corrected chi connectivity index (χ2v) is 8.69. The number of nitrogens with zero attached hydrogens (tertiary/aromatic N) is 2. The number of halogens is 1. The van der Waals surface area contributed by atoms with Gasteiger partial charge in [-0.2, -0.15) is 0 Å². The van der Waals surface area contributed by atoms with Gasteiger partial charge in [0.1, 0.15) is 12.4 Å². The third-order valence-electron chi connectivity index (χ3n) is 5.26. The number of fused-ring (bicyclic) bond motifs is 1. The lowest BCUT2D eigenvalue weighted by molar-refractivity contribution is 0.0581. The standard InChI is InChI=1S/C21H25ClN2O2S/c22-18-3-4-21-17(11-18)10-16(15-26-21)12-23-6-7-24(19(13-23)5-8-25)14-20-2-1-9-27-20/h1-4,9-11,19,25H,5-8,12-15H2/t19-/m1/s1. The topological polar surface area (TPSA) is 35.9 Å². The Labute approximate surface area is 169 Å². The van der Waals surface area contributed by atoms with Crippen LogP contribution in [0.15, 0.2) is 41.3 Å². The van der Waals surface area contributed by atoms with Gasteiger partial charge < -0.3 is 9.84 Å². The lowest BCUT2D eigenvalue weighted by Crippen LogP contribution is -2.53. The maximum Gasteiger partial charge on any atom is 0.127 e. The van der Waals surface area contributed by atoms with Crippen LogP contribution < -0.4 is 4.74 Å². The number of aliphatic hydroxyl groups is 1. The fourth-order valence-electron chi connectivity index (χ4n) is 3.91. The molecule has 3 heterocycles. The average Bonchev–Trinajstić information content (AvgIpc) is 3.17. The lowest BCUT2D eigenvalue weighted by Gasteiger charge is -2.41. The summed E-state index contributed by atoms with van der Waals surface area (Å²) in [5.74, 6) is 0.905. The molecule has 0 radical (unpaired) electrons. The van der Waals surface area contributed by atoms with Gasteiger partial charge in [-0.15, -0.1) is 11.3 Å². The summed E-state index contributed by atoms with van der Waals surface area (Å²) in [6.45, 7) is 5.79. The van der Waals surface area contributed by atoms with Crippen LogP contribution in [0.4, 0.5) is 0 Å². The van der Waals surface area contributed by atoms with Crippen molar-refractivity contribution in [2.24, 2.45) is 0 Å². The lowest BCUT2D eigenvalue weighted by atomic mass is 10.0. The van der Waals surface area contributed by atoms with Crippen LogP contribution in [0.25, 0.3) is 6.08 Å². The minimum absolute atomic E-state index is 0.233. The molecule has 1 saturated heterocycles. The Hall–Kier alpha value is -1.37. The van der Waals surface area contributed by atoms with E-state index < -0.39 is 0 Å². The molecule has 4 nitrogen and oxygen atoms in total. The fraction of sp³-hybridized carbons (Fsp3) is 0.429. The first-order valence-electron chi connectivity index (χ1n) is 9.43. The van der Waals surface area contributed by atoms with Crippen molar-refractivity contribution in [1.82, 2.24) is 9.80 Å². The predicted octanol–water partition coefficient (Wildman–Crippen LogP) is 3.75. The molecule has 1 aromatic heterocycles. The van der Waals surface area contributed by atoms with E-state index in [2.05, 4.69) is 33.4 Å². The Bertz CT molecular complexity index is 793. The summed E-state index contributed by atoms with van der Waals surface area (Å²) in [4.78, 5) is 6.39. The molecule has 1 aromatic carbocycles. The molecule has 1 fully saturated rings. The minimum Gasteiger partial charge on any atom is -0.489 e. The van der Waals surface area contributed by atoms with E-state index in [9.17, 15) is 5.11 Å². The maximum absolute atomic E-state index is 9.52. The van der Waals surface area contributed by atoms with Gasteiger partial charge in [-0.05, 0) is 47.7 Å². The van der Waals surface area contributed by atoms with Gasteiger partial charge in [0.2, 0.25) is 0 Å². The normalized spacial score (nSPS) is 20.8. The highest BCUT2D eigenvalue weighted by Gasteiger charge is 2.27. The number of thiophene rings is 1. The Morgan fingerprint density at radius 1 is 1.22 bits per heavy atom. The molecule has 2 aliphatic rings. The van der Waals surface area contributed by atoms with E-state index in [1.807, 2.05) is 18.2 Å². The van der Waals surface area contributed by atoms with Crippen LogP contribution >= 0.6 is 22.9 Å². The largest absolute Gasteiger partial charge is 0.489 e. The molecule has 1 atom stereocenters. The van der Waals surface area contributed by atoms with E-state index in [4.69, 9.17) is 16.3 Å². The van der Waals surface area contributed by atoms with Crippen molar-refractivity contribution in [3.8, 4) is 5.75 Å². The molecule has 0 amide bonds. The summed E-state index contributed by atoms with van der Waals surface area (Å²) in [5, 5.41) is 12.4. The number of hydrogen-bond acceptors (Lipinski definition) is 5. The van der Waals surface area contributed by atoms with Crippen molar-refractivity contribution in [2.45, 2.75) is 19.0 Å². The van der Waals surface area contributed by atoms with Gasteiger partial charge in [-0.25, -0.2) is 0 Å². The van der Waals surface area contributed by atoms with Crippen LogP contribution in [0, 0.1) is 0 Å². The predicted molar refractivity (Wildman–Crippen MR) is 112 cm³/mol. The first-order chi connectivity index (χ1) is 13.2. The quantitative estimate of drug-likeness (QED) is 0.795. The Morgan fingerprint density at radius 2 is 2.15 bits per heavy atom. The molecule has 27 heavy (non-hydrogen) atoms. The Morgan fingerprint density at radius 3 is 2.96 bits per heavy atom. The van der Waals surface area contributed by atoms with Gasteiger partial charge >= 0.3 is 0 Å². The number of benzene rings is 1. The van der Waals surface area contributed by atoms with Crippen LogP contribution in [-0.4, -0.2) is 60.3 Å². The monoisotopic (exact) mass is 404 g/mol. The molecule has 2 aromatic rings. The third-order valence-corrected chi connectivity index (χ3v) is 6.36. The van der Waals surface area contributed by atoms with Gasteiger partial charge in [0, 0.05) is 60.8 Å². The van der Waals surface area contributed by atoms with Gasteiger partial charge in [0.05, 0.1) is 0 Å². The van der Waals surface area contributed by atoms with Crippen molar-refractivity contribution < 1.29 is 9.84 Å². The second-order valence-electron chi connectivity index (χ2n) is 7.22. The fourth-order valence-corrected chi connectivity index (χ4v) is 4.82. The zero-order valence-electron chi connectivity index (χ0n) is 15.3. The summed E-state index contributed by atoms with van der Waals surface area (Å²) in [5.41, 5.74) is 2.34. The summed E-state index contributed by atoms with van der Waals surface area (Å²) in [6, 6.07) is 10.5. The van der Waals surface area contributed by atoms with E-state index in [1.54, 1.807) is 11.3 Å². The van der Waals surface area contributed by atoms with Crippen molar-refractivity contribution in [1.29, 1.82) is 0 Å². The minimum atomic E-state index is 0.233. The number of rotatable bonds is 6. The molecule has 0 bridgehead atoms. The van der Waals surface area contributed by atoms with Crippen molar-refractivity contribution in [3.05, 3.63) is 56.7 Å². The van der Waals surface area contributed by atoms with Crippen LogP contribution in [0.3, 0.4) is 0 Å². The van der Waals surface area contributed by atoms with E-state index in [0.717, 1.165) is 55.5 Å². The van der Waals surface area contributed by atoms with Crippen LogP contribution in [0.2, 0.25) is 5.02 Å². The maximum atomic E-state index is 9.52. The second kappa shape index (κ2) is 8.76. The molecule has 0 unspecified atom stereocenters. The summed E-state index contributed by atoms with van der Waals surface area (Å²) < 4.78 is 5.90. The van der Waals surface area contributed by atoms with E-state index in [-0.39, 0.29) is 6.61 Å². The number of aliphatic hydroxyl groups excluding tert-OH is 1. The SMILES string of the molecule is OCC[C@@H]1CN(CC2=Cc3cc(Cl)ccc3OC2)CCN1Cc1cccs1. The van der Waals surface area contributed by atoms with E-state index >= 15 is 0 Å². The summed E-state index contributed by atoms with van der Waals surface area (Å²) >= 11 is 7.93. The molecule has 0 spiro atoms. The highest BCUT2D eigenvalue weighted by molar-refractivity contribution is 7.09. The highest BCUT2D eigenvalue weighted by Crippen LogP contribution is 2.29. The molecular formula is C21H25ClN2O2S. The summed E-state index contributed by atoms with van der Waals surface area (Å²) in [7, 11) is 0. The molecule has 0 aliphatic carbocycles. The van der Waals surface area contributed by atoms with Crippen LogP contribution in [0.1, 0.15) is 16.9 Å². The van der Waals surface area contributed by atoms with Crippen molar-refractivity contribution in [3.63, 3.8) is 0 Å². The van der Waals surface area contributed by atoms with Crippen molar-refractivity contribution in [2.75, 3.05) is 39.4 Å². The van der Waals surface area contributed by atoms with E-state index in [0.29, 0.717) is 12.6 Å². The smallest absolute Gasteiger partial charge is 0.127 e. The number of ether oxygens (including phenoxy) is 1. The molecule has 0 saturated carbocycles. The first kappa shape index (κ1) is 19.0. The number of piperazine rings is 1. The zero-order chi connectivity index (χ0) is 18.6. The highest BCUT2D eigenvalue weighted by atomic mass is 35.5. The van der Waals surface area contributed by atoms with Gasteiger partial charge in [0.25, 0.3) is 0 Å². The zero-order valence-corrected chi connectivity index (χ0v) is 16.9. The first-order valence-corrected chi connectivity index (χ1v) is 10.7.